The summed E-state index contributed by atoms with van der Waals surface area (Å²) >= 11 is 0. The van der Waals surface area contributed by atoms with Crippen LogP contribution in [0.25, 0.3) is 6.08 Å². The average molecular weight is 400 g/mol. The van der Waals surface area contributed by atoms with Gasteiger partial charge in [-0.05, 0) is 36.8 Å². The number of amides is 1. The molecule has 0 radical (unpaired) electrons. The number of benzene rings is 2. The summed E-state index contributed by atoms with van der Waals surface area (Å²) in [5.41, 5.74) is 0.742. The van der Waals surface area contributed by atoms with Gasteiger partial charge >= 0.3 is 5.97 Å². The van der Waals surface area contributed by atoms with Gasteiger partial charge in [0.1, 0.15) is 0 Å². The fraction of sp³-hybridized carbons (Fsp3) is 0.200. The van der Waals surface area contributed by atoms with Gasteiger partial charge in [-0.2, -0.15) is 0 Å². The topological polar surface area (TPSA) is 117 Å². The van der Waals surface area contributed by atoms with Crippen molar-refractivity contribution in [1.29, 1.82) is 0 Å². The van der Waals surface area contributed by atoms with Gasteiger partial charge in [0.15, 0.2) is 17.6 Å². The number of carbonyl (C=O) groups excluding carboxylic acids is 2. The van der Waals surface area contributed by atoms with Crippen LogP contribution >= 0.6 is 0 Å². The molecule has 0 aromatic heterocycles. The monoisotopic (exact) mass is 400 g/mol. The number of methoxy groups -OCH3 is 2. The van der Waals surface area contributed by atoms with Crippen LogP contribution in [-0.4, -0.2) is 37.1 Å². The number of nitrogens with one attached hydrogen (secondary N) is 1. The summed E-state index contributed by atoms with van der Waals surface area (Å²) < 4.78 is 15.4. The van der Waals surface area contributed by atoms with Crippen LogP contribution in [-0.2, 0) is 14.3 Å². The molecule has 0 heterocycles. The highest BCUT2D eigenvalue weighted by Crippen LogP contribution is 2.28. The highest BCUT2D eigenvalue weighted by atomic mass is 16.6. The summed E-state index contributed by atoms with van der Waals surface area (Å²) in [5.74, 6) is -0.272. The molecule has 9 heteroatoms. The first kappa shape index (κ1) is 21.4. The van der Waals surface area contributed by atoms with Crippen LogP contribution in [0, 0.1) is 10.1 Å². The summed E-state index contributed by atoms with van der Waals surface area (Å²) in [4.78, 5) is 34.3. The zero-order valence-corrected chi connectivity index (χ0v) is 16.1. The Morgan fingerprint density at radius 3 is 2.48 bits per heavy atom. The molecule has 2 aromatic carbocycles. The minimum absolute atomic E-state index is 0.162. The van der Waals surface area contributed by atoms with Crippen molar-refractivity contribution in [3.63, 3.8) is 0 Å². The molecule has 1 amide bonds. The standard InChI is InChI=1S/C20H20N2O7/c1-13(20(24)21-15-5-4-6-16(12-15)22(25)26)29-19(23)10-8-14-7-9-17(27-2)18(11-14)28-3/h4-13H,1-3H3,(H,21,24)/b10-8+/t13-/m0/s1. The predicted octanol–water partition coefficient (Wildman–Crippen LogP) is 3.20. The molecule has 29 heavy (non-hydrogen) atoms. The van der Waals surface area contributed by atoms with E-state index in [-0.39, 0.29) is 11.4 Å². The van der Waals surface area contributed by atoms with Crippen molar-refractivity contribution in [2.45, 2.75) is 13.0 Å². The largest absolute Gasteiger partial charge is 0.493 e. The van der Waals surface area contributed by atoms with E-state index in [4.69, 9.17) is 14.2 Å². The fourth-order valence-corrected chi connectivity index (χ4v) is 2.33. The Hall–Kier alpha value is -3.88. The molecular formula is C20H20N2O7. The number of hydrogen-bond donors (Lipinski definition) is 1. The molecule has 0 aliphatic rings. The Balaban J connectivity index is 1.96. The van der Waals surface area contributed by atoms with E-state index < -0.39 is 22.9 Å². The smallest absolute Gasteiger partial charge is 0.331 e. The van der Waals surface area contributed by atoms with Gasteiger partial charge < -0.3 is 19.5 Å². The highest BCUT2D eigenvalue weighted by Gasteiger charge is 2.17. The number of ether oxygens (including phenoxy) is 3. The van der Waals surface area contributed by atoms with E-state index in [0.717, 1.165) is 0 Å². The highest BCUT2D eigenvalue weighted by molar-refractivity contribution is 5.96. The van der Waals surface area contributed by atoms with E-state index in [1.54, 1.807) is 18.2 Å². The molecule has 2 rings (SSSR count). The number of nitrogens with zero attached hydrogens (tertiary/aromatic N) is 1. The Kier molecular flexibility index (Phi) is 7.30. The van der Waals surface area contributed by atoms with Crippen molar-refractivity contribution in [2.24, 2.45) is 0 Å². The van der Waals surface area contributed by atoms with Crippen LogP contribution in [0.1, 0.15) is 12.5 Å². The van der Waals surface area contributed by atoms with Crippen LogP contribution in [0.5, 0.6) is 11.5 Å². The minimum Gasteiger partial charge on any atom is -0.493 e. The second-order valence-corrected chi connectivity index (χ2v) is 5.82. The summed E-state index contributed by atoms with van der Waals surface area (Å²) in [6.45, 7) is 1.40. The van der Waals surface area contributed by atoms with Crippen LogP contribution in [0.2, 0.25) is 0 Å². The molecule has 0 spiro atoms. The molecule has 1 atom stereocenters. The van der Waals surface area contributed by atoms with Gasteiger partial charge in [0, 0.05) is 23.9 Å². The first-order valence-corrected chi connectivity index (χ1v) is 8.50. The lowest BCUT2D eigenvalue weighted by molar-refractivity contribution is -0.384. The molecule has 0 aliphatic heterocycles. The van der Waals surface area contributed by atoms with Gasteiger partial charge in [0.2, 0.25) is 0 Å². The van der Waals surface area contributed by atoms with E-state index in [1.165, 1.54) is 57.6 Å². The van der Waals surface area contributed by atoms with E-state index in [9.17, 15) is 19.7 Å². The number of non-ortho nitro benzene ring substituents is 1. The first-order chi connectivity index (χ1) is 13.8. The Morgan fingerprint density at radius 1 is 1.10 bits per heavy atom. The van der Waals surface area contributed by atoms with Gasteiger partial charge in [-0.15, -0.1) is 0 Å². The van der Waals surface area contributed by atoms with Gasteiger partial charge in [-0.1, -0.05) is 12.1 Å². The van der Waals surface area contributed by atoms with Crippen molar-refractivity contribution in [1.82, 2.24) is 0 Å². The number of hydrogen-bond acceptors (Lipinski definition) is 7. The third-order valence-electron chi connectivity index (χ3n) is 3.81. The molecule has 0 saturated heterocycles. The molecule has 0 bridgehead atoms. The second-order valence-electron chi connectivity index (χ2n) is 5.82. The van der Waals surface area contributed by atoms with Crippen LogP contribution in [0.15, 0.2) is 48.5 Å². The third kappa shape index (κ3) is 6.06. The fourth-order valence-electron chi connectivity index (χ4n) is 2.33. The van der Waals surface area contributed by atoms with Gasteiger partial charge in [-0.3, -0.25) is 14.9 Å². The molecule has 0 saturated carbocycles. The molecular weight excluding hydrogens is 380 g/mol. The number of nitro benzene ring substituents is 1. The normalized spacial score (nSPS) is 11.6. The maximum atomic E-state index is 12.1. The number of rotatable bonds is 8. The van der Waals surface area contributed by atoms with Crippen molar-refractivity contribution < 1.29 is 28.7 Å². The summed E-state index contributed by atoms with van der Waals surface area (Å²) in [7, 11) is 3.02. The summed E-state index contributed by atoms with van der Waals surface area (Å²) in [6, 6.07) is 10.6. The quantitative estimate of drug-likeness (QED) is 0.313. The van der Waals surface area contributed by atoms with Crippen LogP contribution in [0.3, 0.4) is 0 Å². The summed E-state index contributed by atoms with van der Waals surface area (Å²) in [5, 5.41) is 13.3. The number of anilines is 1. The number of esters is 1. The Morgan fingerprint density at radius 2 is 1.83 bits per heavy atom. The van der Waals surface area contributed by atoms with Crippen molar-refractivity contribution in [3.8, 4) is 11.5 Å². The second kappa shape index (κ2) is 9.88. The molecule has 0 aliphatic carbocycles. The van der Waals surface area contributed by atoms with Crippen molar-refractivity contribution >= 4 is 29.3 Å². The van der Waals surface area contributed by atoms with Gasteiger partial charge in [-0.25, -0.2) is 4.79 Å². The van der Waals surface area contributed by atoms with E-state index in [0.29, 0.717) is 17.1 Å². The average Bonchev–Trinajstić information content (AvgIpc) is 2.72. The lowest BCUT2D eigenvalue weighted by Crippen LogP contribution is -2.29. The SMILES string of the molecule is COc1ccc(/C=C/C(=O)O[C@@H](C)C(=O)Nc2cccc([N+](=O)[O-])c2)cc1OC. The predicted molar refractivity (Wildman–Crippen MR) is 106 cm³/mol. The molecule has 2 aromatic rings. The molecule has 0 fully saturated rings. The zero-order valence-electron chi connectivity index (χ0n) is 16.1. The van der Waals surface area contributed by atoms with E-state index >= 15 is 0 Å². The third-order valence-corrected chi connectivity index (χ3v) is 3.81. The van der Waals surface area contributed by atoms with Gasteiger partial charge in [0.05, 0.1) is 19.1 Å². The van der Waals surface area contributed by atoms with E-state index in [2.05, 4.69) is 5.32 Å². The Bertz CT molecular complexity index is 940. The minimum atomic E-state index is -1.10. The lowest BCUT2D eigenvalue weighted by atomic mass is 10.2. The van der Waals surface area contributed by atoms with E-state index in [1.807, 2.05) is 0 Å². The van der Waals surface area contributed by atoms with Crippen LogP contribution in [0.4, 0.5) is 11.4 Å². The molecule has 0 unspecified atom stereocenters. The van der Waals surface area contributed by atoms with Crippen LogP contribution < -0.4 is 14.8 Å². The van der Waals surface area contributed by atoms with Gasteiger partial charge in [0.25, 0.3) is 11.6 Å². The van der Waals surface area contributed by atoms with Crippen molar-refractivity contribution in [2.75, 3.05) is 19.5 Å². The Labute approximate surface area is 167 Å². The lowest BCUT2D eigenvalue weighted by Gasteiger charge is -2.12. The maximum absolute atomic E-state index is 12.1. The van der Waals surface area contributed by atoms with Crippen molar-refractivity contribution in [3.05, 3.63) is 64.2 Å². The molecule has 152 valence electrons. The molecule has 1 N–H and O–H groups in total. The zero-order chi connectivity index (χ0) is 21.4. The maximum Gasteiger partial charge on any atom is 0.331 e. The number of carbonyl (C=O) groups is 2. The summed E-state index contributed by atoms with van der Waals surface area (Å²) in [6.07, 6.45) is 1.59. The first-order valence-electron chi connectivity index (χ1n) is 8.50. The number of nitro groups is 1. The molecule has 9 nitrogen and oxygen atoms in total.